The van der Waals surface area contributed by atoms with Crippen LogP contribution in [0.15, 0.2) is 59.3 Å². The first-order valence-corrected chi connectivity index (χ1v) is 12.5. The highest BCUT2D eigenvalue weighted by molar-refractivity contribution is 6.06. The summed E-state index contributed by atoms with van der Waals surface area (Å²) in [6.45, 7) is 10.9. The lowest BCUT2D eigenvalue weighted by Gasteiger charge is -2.36. The largest absolute Gasteiger partial charge is 0.492 e. The Hall–Kier alpha value is -3.16. The zero-order valence-corrected chi connectivity index (χ0v) is 20.6. The Morgan fingerprint density at radius 2 is 1.86 bits per heavy atom. The Morgan fingerprint density at radius 3 is 2.63 bits per heavy atom. The van der Waals surface area contributed by atoms with Crippen molar-refractivity contribution in [2.45, 2.75) is 26.5 Å². The van der Waals surface area contributed by atoms with Crippen LogP contribution in [0.1, 0.15) is 30.5 Å². The van der Waals surface area contributed by atoms with Crippen LogP contribution in [-0.2, 0) is 16.2 Å². The Morgan fingerprint density at radius 1 is 1.09 bits per heavy atom. The monoisotopic (exact) mass is 474 g/mol. The lowest BCUT2D eigenvalue weighted by molar-refractivity contribution is -0.119. The van der Waals surface area contributed by atoms with Crippen LogP contribution in [0.3, 0.4) is 0 Å². The van der Waals surface area contributed by atoms with Gasteiger partial charge in [0.1, 0.15) is 18.1 Å². The Bertz CT molecular complexity index is 1110. The van der Waals surface area contributed by atoms with Crippen molar-refractivity contribution in [3.63, 3.8) is 0 Å². The van der Waals surface area contributed by atoms with Crippen LogP contribution in [0.5, 0.6) is 5.75 Å². The highest BCUT2D eigenvalue weighted by atomic mass is 16.6. The molecule has 3 aliphatic rings. The first kappa shape index (κ1) is 23.6. The van der Waals surface area contributed by atoms with Crippen LogP contribution < -0.4 is 10.1 Å². The highest BCUT2D eigenvalue weighted by Gasteiger charge is 2.40. The maximum Gasteiger partial charge on any atom is 0.217 e. The number of ether oxygens (including phenoxy) is 1. The molecule has 7 nitrogen and oxygen atoms in total. The maximum absolute atomic E-state index is 11.2. The second-order valence-corrected chi connectivity index (χ2v) is 9.76. The molecular weight excluding hydrogens is 440 g/mol. The smallest absolute Gasteiger partial charge is 0.217 e. The summed E-state index contributed by atoms with van der Waals surface area (Å²) in [5, 5.41) is 7.30. The first-order valence-electron chi connectivity index (χ1n) is 12.5. The van der Waals surface area contributed by atoms with Crippen molar-refractivity contribution in [1.29, 1.82) is 0 Å². The van der Waals surface area contributed by atoms with Crippen molar-refractivity contribution < 1.29 is 14.4 Å². The topological polar surface area (TPSA) is 66.4 Å². The number of amides is 1. The van der Waals surface area contributed by atoms with Gasteiger partial charge in [0.05, 0.1) is 5.92 Å². The van der Waals surface area contributed by atoms with Gasteiger partial charge in [-0.25, -0.2) is 0 Å². The zero-order valence-electron chi connectivity index (χ0n) is 20.6. The van der Waals surface area contributed by atoms with Crippen molar-refractivity contribution in [3.8, 4) is 5.75 Å². The molecule has 2 aromatic rings. The van der Waals surface area contributed by atoms with Crippen LogP contribution in [0.4, 0.5) is 0 Å². The quantitative estimate of drug-likeness (QED) is 0.668. The van der Waals surface area contributed by atoms with E-state index in [2.05, 4.69) is 63.6 Å². The summed E-state index contributed by atoms with van der Waals surface area (Å²) in [4.78, 5) is 22.1. The van der Waals surface area contributed by atoms with Crippen molar-refractivity contribution in [3.05, 3.63) is 70.8 Å². The SMILES string of the molecule is CC(=O)NCc1ccc2c(c1)OCC1C2=NOC1CN1CCN(CC(C)=Cc2ccccc2)CC1. The average Bonchev–Trinajstić information content (AvgIpc) is 3.27. The van der Waals surface area contributed by atoms with Gasteiger partial charge in [0.15, 0.2) is 6.10 Å². The van der Waals surface area contributed by atoms with Crippen LogP contribution in [0.25, 0.3) is 6.08 Å². The number of oxime groups is 1. The molecule has 1 N–H and O–H groups in total. The number of fused-ring (bicyclic) bond motifs is 3. The molecule has 0 radical (unpaired) electrons. The summed E-state index contributed by atoms with van der Waals surface area (Å²) in [5.74, 6) is 0.928. The molecule has 0 spiro atoms. The van der Waals surface area contributed by atoms with Gasteiger partial charge >= 0.3 is 0 Å². The summed E-state index contributed by atoms with van der Waals surface area (Å²) in [6, 6.07) is 16.6. The van der Waals surface area contributed by atoms with Gasteiger partial charge in [-0.1, -0.05) is 53.2 Å². The van der Waals surface area contributed by atoms with Crippen molar-refractivity contribution in [2.75, 3.05) is 45.9 Å². The molecule has 1 amide bonds. The Kier molecular flexibility index (Phi) is 7.16. The van der Waals surface area contributed by atoms with E-state index >= 15 is 0 Å². The number of carbonyl (C=O) groups is 1. The standard InChI is InChI=1S/C28H34N4O3/c1-20(14-22-6-4-3-5-7-22)17-31-10-12-32(13-11-31)18-27-25-19-34-26-15-23(16-29-21(2)33)8-9-24(26)28(25)30-35-27/h3-9,14-15,25,27H,10-13,16-19H2,1-2H3,(H,29,33). The third-order valence-electron chi connectivity index (χ3n) is 6.96. The third-order valence-corrected chi connectivity index (χ3v) is 6.96. The average molecular weight is 475 g/mol. The Balaban J connectivity index is 1.12. The van der Waals surface area contributed by atoms with Gasteiger partial charge in [-0.3, -0.25) is 14.6 Å². The molecule has 5 rings (SSSR count). The summed E-state index contributed by atoms with van der Waals surface area (Å²) < 4.78 is 6.11. The van der Waals surface area contributed by atoms with Crippen LogP contribution in [-0.4, -0.2) is 73.4 Å². The van der Waals surface area contributed by atoms with E-state index in [0.717, 1.165) is 61.9 Å². The van der Waals surface area contributed by atoms with Gasteiger partial charge < -0.3 is 14.9 Å². The minimum absolute atomic E-state index is 0.0171. The van der Waals surface area contributed by atoms with Gasteiger partial charge in [0.2, 0.25) is 5.91 Å². The number of hydrogen-bond donors (Lipinski definition) is 1. The van der Waals surface area contributed by atoms with Gasteiger partial charge in [-0.2, -0.15) is 0 Å². The molecule has 2 atom stereocenters. The predicted octanol–water partition coefficient (Wildman–Crippen LogP) is 3.16. The third kappa shape index (κ3) is 5.74. The number of nitrogens with one attached hydrogen (secondary N) is 1. The van der Waals surface area contributed by atoms with Crippen molar-refractivity contribution in [2.24, 2.45) is 11.1 Å². The van der Waals surface area contributed by atoms with Gasteiger partial charge in [0.25, 0.3) is 0 Å². The molecule has 7 heteroatoms. The summed E-state index contributed by atoms with van der Waals surface area (Å²) >= 11 is 0. The summed E-state index contributed by atoms with van der Waals surface area (Å²) in [6.07, 6.45) is 2.30. The second kappa shape index (κ2) is 10.6. The molecule has 3 heterocycles. The Labute approximate surface area is 207 Å². The molecule has 1 fully saturated rings. The molecule has 2 unspecified atom stereocenters. The van der Waals surface area contributed by atoms with Gasteiger partial charge in [-0.05, 0) is 30.2 Å². The van der Waals surface area contributed by atoms with E-state index in [1.807, 2.05) is 18.2 Å². The van der Waals surface area contributed by atoms with Gasteiger partial charge in [-0.15, -0.1) is 0 Å². The molecule has 184 valence electrons. The van der Waals surface area contributed by atoms with E-state index in [9.17, 15) is 4.79 Å². The molecular formula is C28H34N4O3. The second-order valence-electron chi connectivity index (χ2n) is 9.76. The van der Waals surface area contributed by atoms with Crippen LogP contribution in [0.2, 0.25) is 0 Å². The number of nitrogens with zero attached hydrogens (tertiary/aromatic N) is 3. The van der Waals surface area contributed by atoms with E-state index in [1.54, 1.807) is 0 Å². The highest BCUT2D eigenvalue weighted by Crippen LogP contribution is 2.35. The lowest BCUT2D eigenvalue weighted by Crippen LogP contribution is -2.50. The number of hydrogen-bond acceptors (Lipinski definition) is 6. The summed E-state index contributed by atoms with van der Waals surface area (Å²) in [5.41, 5.74) is 5.65. The molecule has 0 saturated carbocycles. The van der Waals surface area contributed by atoms with E-state index in [1.165, 1.54) is 18.1 Å². The van der Waals surface area contributed by atoms with Gasteiger partial charge in [0, 0.05) is 58.3 Å². The molecule has 3 aliphatic heterocycles. The van der Waals surface area contributed by atoms with Crippen molar-refractivity contribution in [1.82, 2.24) is 15.1 Å². The fourth-order valence-corrected chi connectivity index (χ4v) is 5.07. The molecule has 0 aliphatic carbocycles. The van der Waals surface area contributed by atoms with Crippen LogP contribution >= 0.6 is 0 Å². The fourth-order valence-electron chi connectivity index (χ4n) is 5.07. The minimum Gasteiger partial charge on any atom is -0.492 e. The molecule has 0 aromatic heterocycles. The first-order chi connectivity index (χ1) is 17.0. The van der Waals surface area contributed by atoms with Crippen LogP contribution in [0, 0.1) is 5.92 Å². The van der Waals surface area contributed by atoms with Crippen molar-refractivity contribution >= 4 is 17.7 Å². The van der Waals surface area contributed by atoms with E-state index in [0.29, 0.717) is 13.2 Å². The number of benzene rings is 2. The predicted molar refractivity (Wildman–Crippen MR) is 137 cm³/mol. The molecule has 2 aromatic carbocycles. The minimum atomic E-state index is -0.0419. The molecule has 0 bridgehead atoms. The number of piperazine rings is 1. The zero-order chi connectivity index (χ0) is 24.2. The fraction of sp³-hybridized carbons (Fsp3) is 0.429. The van der Waals surface area contributed by atoms with E-state index < -0.39 is 0 Å². The van der Waals surface area contributed by atoms with E-state index in [4.69, 9.17) is 9.57 Å². The van der Waals surface area contributed by atoms with E-state index in [-0.39, 0.29) is 17.9 Å². The number of carbonyl (C=O) groups excluding carboxylic acids is 1. The summed E-state index contributed by atoms with van der Waals surface area (Å²) in [7, 11) is 0. The lowest BCUT2D eigenvalue weighted by atomic mass is 9.89. The maximum atomic E-state index is 11.2. The molecule has 1 saturated heterocycles. The number of rotatable bonds is 7. The normalized spacial score (nSPS) is 22.5. The molecule has 35 heavy (non-hydrogen) atoms.